The van der Waals surface area contributed by atoms with E-state index in [2.05, 4.69) is 10.1 Å². The second-order valence-electron chi connectivity index (χ2n) is 5.77. The number of para-hydroxylation sites is 1. The fourth-order valence-electron chi connectivity index (χ4n) is 2.29. The van der Waals surface area contributed by atoms with Crippen molar-refractivity contribution in [1.29, 1.82) is 0 Å². The van der Waals surface area contributed by atoms with Crippen molar-refractivity contribution in [2.24, 2.45) is 0 Å². The Labute approximate surface area is 134 Å². The predicted octanol–water partition coefficient (Wildman–Crippen LogP) is 2.71. The van der Waals surface area contributed by atoms with E-state index in [4.69, 9.17) is 0 Å². The van der Waals surface area contributed by atoms with E-state index >= 15 is 0 Å². The molecule has 0 bridgehead atoms. The molecule has 1 saturated carbocycles. The molecule has 1 atom stereocenters. The second kappa shape index (κ2) is 6.12. The summed E-state index contributed by atoms with van der Waals surface area (Å²) < 4.78 is 1.92. The number of hydrogen-bond donors (Lipinski definition) is 0. The van der Waals surface area contributed by atoms with Crippen LogP contribution in [0.25, 0.3) is 5.69 Å². The number of nitrogens with zero attached hydrogens (tertiary/aromatic N) is 4. The number of carbonyl (C=O) groups is 1. The van der Waals surface area contributed by atoms with Crippen LogP contribution >= 0.6 is 11.8 Å². The highest BCUT2D eigenvalue weighted by Crippen LogP contribution is 2.40. The zero-order valence-electron chi connectivity index (χ0n) is 13.1. The average Bonchev–Trinajstić information content (AvgIpc) is 3.28. The van der Waals surface area contributed by atoms with E-state index in [-0.39, 0.29) is 11.2 Å². The number of benzene rings is 1. The molecule has 1 aliphatic rings. The number of rotatable bonds is 5. The van der Waals surface area contributed by atoms with Gasteiger partial charge in [-0.1, -0.05) is 30.0 Å². The molecule has 0 radical (unpaired) electrons. The van der Waals surface area contributed by atoms with Crippen LogP contribution < -0.4 is 0 Å². The summed E-state index contributed by atoms with van der Waals surface area (Å²) in [6.45, 7) is 1.90. The molecule has 1 fully saturated rings. The van der Waals surface area contributed by atoms with Gasteiger partial charge in [0.1, 0.15) is 5.82 Å². The Bertz CT molecular complexity index is 664. The van der Waals surface area contributed by atoms with E-state index < -0.39 is 0 Å². The summed E-state index contributed by atoms with van der Waals surface area (Å²) >= 11 is 1.42. The monoisotopic (exact) mass is 316 g/mol. The van der Waals surface area contributed by atoms with E-state index in [1.807, 2.05) is 41.9 Å². The van der Waals surface area contributed by atoms with Crippen LogP contribution in [0.5, 0.6) is 0 Å². The van der Waals surface area contributed by atoms with Gasteiger partial charge in [0.15, 0.2) is 0 Å². The second-order valence-corrected chi connectivity index (χ2v) is 7.07. The van der Waals surface area contributed by atoms with Crippen molar-refractivity contribution < 1.29 is 4.79 Å². The number of thioether (sulfide) groups is 1. The summed E-state index contributed by atoms with van der Waals surface area (Å²) in [4.78, 5) is 18.3. The summed E-state index contributed by atoms with van der Waals surface area (Å²) in [6, 6.07) is 10.1. The molecule has 0 saturated heterocycles. The lowest BCUT2D eigenvalue weighted by Gasteiger charge is -2.14. The van der Waals surface area contributed by atoms with Crippen molar-refractivity contribution in [2.75, 3.05) is 14.1 Å². The molecule has 3 rings (SSSR count). The lowest BCUT2D eigenvalue weighted by atomic mass is 10.3. The lowest BCUT2D eigenvalue weighted by molar-refractivity contribution is -0.127. The van der Waals surface area contributed by atoms with Crippen LogP contribution in [-0.4, -0.2) is 44.9 Å². The van der Waals surface area contributed by atoms with Crippen LogP contribution in [0, 0.1) is 0 Å². The summed E-state index contributed by atoms with van der Waals surface area (Å²) in [5.74, 6) is 1.59. The molecule has 22 heavy (non-hydrogen) atoms. The fraction of sp³-hybridized carbons (Fsp3) is 0.438. The van der Waals surface area contributed by atoms with Gasteiger partial charge in [0.05, 0.1) is 10.9 Å². The quantitative estimate of drug-likeness (QED) is 0.796. The predicted molar refractivity (Wildman–Crippen MR) is 87.3 cm³/mol. The van der Waals surface area contributed by atoms with Crippen molar-refractivity contribution in [3.63, 3.8) is 0 Å². The van der Waals surface area contributed by atoms with E-state index in [0.29, 0.717) is 11.1 Å². The third kappa shape index (κ3) is 3.16. The third-order valence-corrected chi connectivity index (χ3v) is 4.57. The van der Waals surface area contributed by atoms with Crippen molar-refractivity contribution in [2.45, 2.75) is 36.1 Å². The molecule has 1 amide bonds. The van der Waals surface area contributed by atoms with Gasteiger partial charge >= 0.3 is 0 Å². The van der Waals surface area contributed by atoms with Gasteiger partial charge in [-0.15, -0.1) is 5.10 Å². The molecule has 6 heteroatoms. The average molecular weight is 316 g/mol. The summed E-state index contributed by atoms with van der Waals surface area (Å²) in [5.41, 5.74) is 1.02. The number of amides is 1. The number of aromatic nitrogens is 3. The molecule has 0 spiro atoms. The maximum atomic E-state index is 12.0. The van der Waals surface area contributed by atoms with Gasteiger partial charge in [0.2, 0.25) is 11.1 Å². The third-order valence-electron chi connectivity index (χ3n) is 3.63. The Balaban J connectivity index is 1.86. The standard InChI is InChI=1S/C16H20N4OS/c1-11(15(21)19(2)3)22-16-17-14(12-9-10-12)20(18-16)13-7-5-4-6-8-13/h4-8,11-12H,9-10H2,1-3H3/t11-/m1/s1. The van der Waals surface area contributed by atoms with E-state index in [9.17, 15) is 4.79 Å². The fourth-order valence-corrected chi connectivity index (χ4v) is 3.19. The zero-order chi connectivity index (χ0) is 15.7. The first-order valence-corrected chi connectivity index (χ1v) is 8.34. The largest absolute Gasteiger partial charge is 0.348 e. The molecule has 116 valence electrons. The minimum atomic E-state index is -0.186. The Morgan fingerprint density at radius 3 is 2.59 bits per heavy atom. The van der Waals surface area contributed by atoms with Crippen molar-refractivity contribution in [3.05, 3.63) is 36.2 Å². The molecule has 0 aliphatic heterocycles. The number of hydrogen-bond acceptors (Lipinski definition) is 4. The molecule has 0 unspecified atom stereocenters. The SMILES string of the molecule is C[C@@H](Sc1nc(C2CC2)n(-c2ccccc2)n1)C(=O)N(C)C. The smallest absolute Gasteiger partial charge is 0.235 e. The Hall–Kier alpha value is -1.82. The number of carbonyl (C=O) groups excluding carboxylic acids is 1. The molecule has 2 aromatic rings. The summed E-state index contributed by atoms with van der Waals surface area (Å²) in [5, 5.41) is 5.11. The maximum Gasteiger partial charge on any atom is 0.235 e. The van der Waals surface area contributed by atoms with Crippen molar-refractivity contribution in [1.82, 2.24) is 19.7 Å². The summed E-state index contributed by atoms with van der Waals surface area (Å²) in [6.07, 6.45) is 2.34. The van der Waals surface area contributed by atoms with Crippen LogP contribution in [0.4, 0.5) is 0 Å². The molecule has 1 aliphatic carbocycles. The first kappa shape index (κ1) is 15.1. The Kier molecular flexibility index (Phi) is 4.20. The van der Waals surface area contributed by atoms with Gasteiger partial charge in [-0.05, 0) is 31.9 Å². The van der Waals surface area contributed by atoms with Crippen molar-refractivity contribution >= 4 is 17.7 Å². The molecule has 0 N–H and O–H groups in total. The van der Waals surface area contributed by atoms with Gasteiger partial charge in [-0.3, -0.25) is 4.79 Å². The van der Waals surface area contributed by atoms with Gasteiger partial charge in [0, 0.05) is 20.0 Å². The minimum absolute atomic E-state index is 0.0778. The Morgan fingerprint density at radius 2 is 2.00 bits per heavy atom. The highest BCUT2D eigenvalue weighted by Gasteiger charge is 2.31. The topological polar surface area (TPSA) is 51.0 Å². The lowest BCUT2D eigenvalue weighted by Crippen LogP contribution is -2.29. The van der Waals surface area contributed by atoms with E-state index in [0.717, 1.165) is 11.5 Å². The maximum absolute atomic E-state index is 12.0. The van der Waals surface area contributed by atoms with Crippen LogP contribution in [0.15, 0.2) is 35.5 Å². The van der Waals surface area contributed by atoms with Crippen LogP contribution in [-0.2, 0) is 4.79 Å². The highest BCUT2D eigenvalue weighted by molar-refractivity contribution is 8.00. The molecule has 1 aromatic carbocycles. The highest BCUT2D eigenvalue weighted by atomic mass is 32.2. The summed E-state index contributed by atoms with van der Waals surface area (Å²) in [7, 11) is 3.54. The van der Waals surface area contributed by atoms with Gasteiger partial charge in [0.25, 0.3) is 0 Å². The van der Waals surface area contributed by atoms with Crippen LogP contribution in [0.2, 0.25) is 0 Å². The van der Waals surface area contributed by atoms with Gasteiger partial charge < -0.3 is 4.90 Å². The normalized spacial score (nSPS) is 15.6. The molecular formula is C16H20N4OS. The van der Waals surface area contributed by atoms with Crippen LogP contribution in [0.1, 0.15) is 31.5 Å². The first-order valence-electron chi connectivity index (χ1n) is 7.46. The zero-order valence-corrected chi connectivity index (χ0v) is 13.9. The van der Waals surface area contributed by atoms with Crippen molar-refractivity contribution in [3.8, 4) is 5.69 Å². The Morgan fingerprint density at radius 1 is 1.32 bits per heavy atom. The van der Waals surface area contributed by atoms with Gasteiger partial charge in [-0.25, -0.2) is 9.67 Å². The van der Waals surface area contributed by atoms with E-state index in [1.54, 1.807) is 19.0 Å². The van der Waals surface area contributed by atoms with Gasteiger partial charge in [-0.2, -0.15) is 0 Å². The molecule has 5 nitrogen and oxygen atoms in total. The molecule has 1 aromatic heterocycles. The van der Waals surface area contributed by atoms with Crippen LogP contribution in [0.3, 0.4) is 0 Å². The van der Waals surface area contributed by atoms with E-state index in [1.165, 1.54) is 24.6 Å². The molecule has 1 heterocycles. The molecular weight excluding hydrogens is 296 g/mol. The minimum Gasteiger partial charge on any atom is -0.348 e. The first-order chi connectivity index (χ1) is 10.6.